The molecule has 4 heteroatoms. The van der Waals surface area contributed by atoms with Crippen molar-refractivity contribution >= 4 is 18.3 Å². The van der Waals surface area contributed by atoms with Crippen LogP contribution in [0.1, 0.15) is 42.1 Å². The second kappa shape index (κ2) is 6.21. The summed E-state index contributed by atoms with van der Waals surface area (Å²) in [4.78, 5) is 14.0. The van der Waals surface area contributed by atoms with Crippen LogP contribution in [0.15, 0.2) is 24.3 Å². The van der Waals surface area contributed by atoms with Gasteiger partial charge in [-0.2, -0.15) is 0 Å². The van der Waals surface area contributed by atoms with Crippen molar-refractivity contribution in [2.45, 2.75) is 32.2 Å². The summed E-state index contributed by atoms with van der Waals surface area (Å²) in [5.74, 6) is 0.604. The van der Waals surface area contributed by atoms with Gasteiger partial charge in [0.15, 0.2) is 0 Å². The van der Waals surface area contributed by atoms with E-state index in [0.717, 1.165) is 18.5 Å². The molecule has 2 N–H and O–H groups in total. The minimum absolute atomic E-state index is 0. The van der Waals surface area contributed by atoms with Gasteiger partial charge in [-0.15, -0.1) is 12.4 Å². The van der Waals surface area contributed by atoms with Gasteiger partial charge in [-0.3, -0.25) is 4.79 Å². The predicted octanol–water partition coefficient (Wildman–Crippen LogP) is 2.41. The van der Waals surface area contributed by atoms with E-state index in [9.17, 15) is 4.79 Å². The molecule has 1 atom stereocenters. The molecule has 2 rings (SSSR count). The maximum Gasteiger partial charge on any atom is 0.253 e. The van der Waals surface area contributed by atoms with Gasteiger partial charge in [-0.25, -0.2) is 0 Å². The molecule has 0 bridgehead atoms. The third kappa shape index (κ3) is 3.24. The summed E-state index contributed by atoms with van der Waals surface area (Å²) < 4.78 is 0. The first-order valence-corrected chi connectivity index (χ1v) is 6.22. The lowest BCUT2D eigenvalue weighted by molar-refractivity contribution is 0.0791. The van der Waals surface area contributed by atoms with Gasteiger partial charge in [0.25, 0.3) is 5.91 Å². The number of nitrogens with zero attached hydrogens (tertiary/aromatic N) is 1. The summed E-state index contributed by atoms with van der Waals surface area (Å²) in [5, 5.41) is 0. The van der Waals surface area contributed by atoms with Crippen LogP contribution in [0.3, 0.4) is 0 Å². The topological polar surface area (TPSA) is 46.3 Å². The molecule has 1 amide bonds. The lowest BCUT2D eigenvalue weighted by atomic mass is 10.0. The zero-order valence-corrected chi connectivity index (χ0v) is 11.7. The van der Waals surface area contributed by atoms with E-state index in [-0.39, 0.29) is 24.4 Å². The highest BCUT2D eigenvalue weighted by atomic mass is 35.5. The van der Waals surface area contributed by atoms with Crippen LogP contribution in [-0.4, -0.2) is 29.9 Å². The normalized spacial score (nSPS) is 18.9. The van der Waals surface area contributed by atoms with E-state index in [1.54, 1.807) is 0 Å². The lowest BCUT2D eigenvalue weighted by Gasteiger charge is -2.16. The highest BCUT2D eigenvalue weighted by Crippen LogP contribution is 2.17. The average Bonchev–Trinajstić information content (AvgIpc) is 2.75. The lowest BCUT2D eigenvalue weighted by Crippen LogP contribution is -2.31. The second-order valence-electron chi connectivity index (χ2n) is 5.08. The number of benzene rings is 1. The van der Waals surface area contributed by atoms with E-state index in [2.05, 4.69) is 13.8 Å². The van der Waals surface area contributed by atoms with E-state index in [0.29, 0.717) is 12.5 Å². The predicted molar refractivity (Wildman–Crippen MR) is 76.3 cm³/mol. The molecular formula is C14H21ClN2O. The first kappa shape index (κ1) is 15.0. The summed E-state index contributed by atoms with van der Waals surface area (Å²) in [7, 11) is 0. The molecule has 0 radical (unpaired) electrons. The van der Waals surface area contributed by atoms with E-state index in [1.807, 2.05) is 29.2 Å². The van der Waals surface area contributed by atoms with Gasteiger partial charge >= 0.3 is 0 Å². The Hall–Kier alpha value is -1.06. The Kier molecular flexibility index (Phi) is 5.17. The number of rotatable bonds is 2. The van der Waals surface area contributed by atoms with Crippen molar-refractivity contribution in [3.63, 3.8) is 0 Å². The van der Waals surface area contributed by atoms with Crippen molar-refractivity contribution in [1.29, 1.82) is 0 Å². The third-order valence-electron chi connectivity index (χ3n) is 3.34. The molecule has 1 aromatic carbocycles. The average molecular weight is 269 g/mol. The zero-order valence-electron chi connectivity index (χ0n) is 10.9. The smallest absolute Gasteiger partial charge is 0.253 e. The summed E-state index contributed by atoms with van der Waals surface area (Å²) in [6.45, 7) is 5.77. The quantitative estimate of drug-likeness (QED) is 0.895. The summed E-state index contributed by atoms with van der Waals surface area (Å²) in [6, 6.07) is 8.05. The molecule has 0 unspecified atom stereocenters. The number of hydrogen-bond acceptors (Lipinski definition) is 2. The Morgan fingerprint density at radius 1 is 1.33 bits per heavy atom. The molecule has 1 aliphatic rings. The molecular weight excluding hydrogens is 248 g/mol. The van der Waals surface area contributed by atoms with Crippen LogP contribution < -0.4 is 5.73 Å². The number of carbonyl (C=O) groups excluding carboxylic acids is 1. The van der Waals surface area contributed by atoms with Crippen molar-refractivity contribution in [3.8, 4) is 0 Å². The Bertz CT molecular complexity index is 403. The minimum atomic E-state index is 0. The van der Waals surface area contributed by atoms with Gasteiger partial charge in [-0.05, 0) is 30.0 Å². The molecule has 1 heterocycles. The number of amides is 1. The fourth-order valence-electron chi connectivity index (χ4n) is 2.16. The van der Waals surface area contributed by atoms with Crippen LogP contribution in [0.2, 0.25) is 0 Å². The minimum Gasteiger partial charge on any atom is -0.337 e. The Morgan fingerprint density at radius 3 is 2.39 bits per heavy atom. The molecule has 100 valence electrons. The second-order valence-corrected chi connectivity index (χ2v) is 5.08. The Labute approximate surface area is 115 Å². The Morgan fingerprint density at radius 2 is 1.94 bits per heavy atom. The van der Waals surface area contributed by atoms with E-state index in [1.165, 1.54) is 5.56 Å². The van der Waals surface area contributed by atoms with Crippen LogP contribution in [0.4, 0.5) is 0 Å². The number of nitrogens with two attached hydrogens (primary N) is 1. The van der Waals surface area contributed by atoms with Crippen molar-refractivity contribution < 1.29 is 4.79 Å². The van der Waals surface area contributed by atoms with Crippen LogP contribution in [-0.2, 0) is 0 Å². The SMILES string of the molecule is CC(C)c1ccc(C(=O)N2CC[C@H](N)C2)cc1.Cl. The molecule has 0 spiro atoms. The molecule has 1 aromatic rings. The van der Waals surface area contributed by atoms with Gasteiger partial charge < -0.3 is 10.6 Å². The van der Waals surface area contributed by atoms with Gasteiger partial charge in [0, 0.05) is 24.7 Å². The molecule has 1 saturated heterocycles. The molecule has 1 fully saturated rings. The van der Waals surface area contributed by atoms with Crippen LogP contribution in [0, 0.1) is 0 Å². The number of likely N-dealkylation sites (tertiary alicyclic amines) is 1. The van der Waals surface area contributed by atoms with Crippen LogP contribution >= 0.6 is 12.4 Å². The summed E-state index contributed by atoms with van der Waals surface area (Å²) >= 11 is 0. The monoisotopic (exact) mass is 268 g/mol. The molecule has 3 nitrogen and oxygen atoms in total. The highest BCUT2D eigenvalue weighted by Gasteiger charge is 2.24. The van der Waals surface area contributed by atoms with Gasteiger partial charge in [-0.1, -0.05) is 26.0 Å². The number of carbonyl (C=O) groups is 1. The standard InChI is InChI=1S/C14H20N2O.ClH/c1-10(2)11-3-5-12(6-4-11)14(17)16-8-7-13(15)9-16;/h3-6,10,13H,7-9,15H2,1-2H3;1H/t13-;/m0./s1. The molecule has 1 aliphatic heterocycles. The molecule has 18 heavy (non-hydrogen) atoms. The maximum absolute atomic E-state index is 12.1. The van der Waals surface area contributed by atoms with Gasteiger partial charge in [0.1, 0.15) is 0 Å². The van der Waals surface area contributed by atoms with Crippen LogP contribution in [0.25, 0.3) is 0 Å². The fraction of sp³-hybridized carbons (Fsp3) is 0.500. The van der Waals surface area contributed by atoms with Crippen molar-refractivity contribution in [1.82, 2.24) is 4.90 Å². The van der Waals surface area contributed by atoms with Crippen LogP contribution in [0.5, 0.6) is 0 Å². The fourth-order valence-corrected chi connectivity index (χ4v) is 2.16. The largest absolute Gasteiger partial charge is 0.337 e. The molecule has 0 aromatic heterocycles. The van der Waals surface area contributed by atoms with E-state index in [4.69, 9.17) is 5.73 Å². The summed E-state index contributed by atoms with van der Waals surface area (Å²) in [5.41, 5.74) is 7.84. The number of halogens is 1. The Balaban J connectivity index is 0.00000162. The molecule has 0 aliphatic carbocycles. The maximum atomic E-state index is 12.1. The summed E-state index contributed by atoms with van der Waals surface area (Å²) in [6.07, 6.45) is 0.913. The first-order chi connectivity index (χ1) is 8.08. The van der Waals surface area contributed by atoms with Crippen molar-refractivity contribution in [2.75, 3.05) is 13.1 Å². The zero-order chi connectivity index (χ0) is 12.4. The highest BCUT2D eigenvalue weighted by molar-refractivity contribution is 5.94. The number of hydrogen-bond donors (Lipinski definition) is 1. The third-order valence-corrected chi connectivity index (χ3v) is 3.34. The first-order valence-electron chi connectivity index (χ1n) is 6.22. The van der Waals surface area contributed by atoms with E-state index < -0.39 is 0 Å². The van der Waals surface area contributed by atoms with Crippen molar-refractivity contribution in [3.05, 3.63) is 35.4 Å². The van der Waals surface area contributed by atoms with Gasteiger partial charge in [0.2, 0.25) is 0 Å². The van der Waals surface area contributed by atoms with Crippen molar-refractivity contribution in [2.24, 2.45) is 5.73 Å². The molecule has 0 saturated carbocycles. The van der Waals surface area contributed by atoms with E-state index >= 15 is 0 Å². The van der Waals surface area contributed by atoms with Gasteiger partial charge in [0.05, 0.1) is 0 Å².